The van der Waals surface area contributed by atoms with Gasteiger partial charge in [-0.25, -0.2) is 9.78 Å². The second-order valence-electron chi connectivity index (χ2n) is 7.57. The quantitative estimate of drug-likeness (QED) is 0.360. The maximum Gasteiger partial charge on any atom is 0.411 e. The number of hydrogen-bond acceptors (Lipinski definition) is 8. The Kier molecular flexibility index (Phi) is 5.75. The van der Waals surface area contributed by atoms with Crippen molar-refractivity contribution in [1.29, 1.82) is 0 Å². The van der Waals surface area contributed by atoms with Crippen LogP contribution in [0.5, 0.6) is 5.75 Å². The fraction of sp³-hybridized carbons (Fsp3) is 0.130. The van der Waals surface area contributed by atoms with Crippen LogP contribution in [-0.2, 0) is 6.54 Å². The summed E-state index contributed by atoms with van der Waals surface area (Å²) >= 11 is 6.34. The van der Waals surface area contributed by atoms with Gasteiger partial charge < -0.3 is 15.2 Å². The number of ether oxygens (including phenoxy) is 1. The van der Waals surface area contributed by atoms with E-state index in [1.807, 2.05) is 12.1 Å². The number of pyridine rings is 2. The molecule has 4 aromatic heterocycles. The molecular formula is C23H19ClN8O3. The third-order valence-electron chi connectivity index (χ3n) is 5.44. The van der Waals surface area contributed by atoms with Crippen molar-refractivity contribution in [2.75, 3.05) is 24.4 Å². The van der Waals surface area contributed by atoms with E-state index in [9.17, 15) is 9.90 Å². The van der Waals surface area contributed by atoms with Crippen LogP contribution in [0.2, 0.25) is 5.02 Å². The van der Waals surface area contributed by atoms with E-state index >= 15 is 0 Å². The molecular weight excluding hydrogens is 472 g/mol. The first kappa shape index (κ1) is 22.3. The third kappa shape index (κ3) is 4.24. The van der Waals surface area contributed by atoms with E-state index in [1.165, 1.54) is 7.05 Å². The van der Waals surface area contributed by atoms with Crippen LogP contribution in [0, 0.1) is 0 Å². The summed E-state index contributed by atoms with van der Waals surface area (Å²) in [5.74, 6) is 1.22. The minimum absolute atomic E-state index is 0.300. The zero-order valence-corrected chi connectivity index (χ0v) is 19.4. The number of carbonyl (C=O) groups is 1. The number of anilines is 2. The normalized spacial score (nSPS) is 11.1. The van der Waals surface area contributed by atoms with Crippen LogP contribution in [0.4, 0.5) is 16.2 Å². The van der Waals surface area contributed by atoms with Gasteiger partial charge in [-0.05, 0) is 30.3 Å². The van der Waals surface area contributed by atoms with Crippen molar-refractivity contribution < 1.29 is 14.6 Å². The molecule has 0 aliphatic carbocycles. The predicted molar refractivity (Wildman–Crippen MR) is 131 cm³/mol. The van der Waals surface area contributed by atoms with Gasteiger partial charge in [0.1, 0.15) is 11.3 Å². The van der Waals surface area contributed by atoms with E-state index in [-0.39, 0.29) is 0 Å². The number of halogens is 1. The number of carboxylic acid groups (broad SMARTS) is 1. The molecule has 1 amide bonds. The van der Waals surface area contributed by atoms with Crippen molar-refractivity contribution in [1.82, 2.24) is 29.8 Å². The van der Waals surface area contributed by atoms with Crippen LogP contribution in [0.15, 0.2) is 54.9 Å². The lowest BCUT2D eigenvalue weighted by Gasteiger charge is -2.15. The van der Waals surface area contributed by atoms with Crippen molar-refractivity contribution in [2.24, 2.45) is 0 Å². The highest BCUT2D eigenvalue weighted by atomic mass is 35.5. The highest BCUT2D eigenvalue weighted by Gasteiger charge is 2.15. The smallest absolute Gasteiger partial charge is 0.411 e. The Morgan fingerprint density at radius 2 is 2.03 bits per heavy atom. The molecule has 5 aromatic rings. The van der Waals surface area contributed by atoms with Gasteiger partial charge in [-0.2, -0.15) is 9.61 Å². The minimum atomic E-state index is -1.10. The Labute approximate surface area is 204 Å². The van der Waals surface area contributed by atoms with Crippen LogP contribution >= 0.6 is 11.6 Å². The number of benzene rings is 1. The topological polar surface area (TPSA) is 131 Å². The average molecular weight is 491 g/mol. The summed E-state index contributed by atoms with van der Waals surface area (Å²) in [6.07, 6.45) is 2.23. The molecule has 0 saturated heterocycles. The van der Waals surface area contributed by atoms with Crippen LogP contribution in [0.1, 0.15) is 5.82 Å². The number of nitrogens with one attached hydrogen (secondary N) is 1. The van der Waals surface area contributed by atoms with Crippen LogP contribution in [-0.4, -0.2) is 55.1 Å². The zero-order valence-electron chi connectivity index (χ0n) is 18.7. The Bertz CT molecular complexity index is 1570. The lowest BCUT2D eigenvalue weighted by Crippen LogP contribution is -2.23. The minimum Gasteiger partial charge on any atom is -0.495 e. The van der Waals surface area contributed by atoms with Gasteiger partial charge in [0.15, 0.2) is 11.5 Å². The molecule has 0 aliphatic rings. The number of nitrogens with zero attached hydrogens (tertiary/aromatic N) is 7. The predicted octanol–water partition coefficient (Wildman–Crippen LogP) is 4.12. The van der Waals surface area contributed by atoms with Crippen molar-refractivity contribution in [3.8, 4) is 17.0 Å². The largest absolute Gasteiger partial charge is 0.495 e. The molecule has 0 saturated carbocycles. The number of rotatable bonds is 6. The van der Waals surface area contributed by atoms with E-state index < -0.39 is 6.09 Å². The van der Waals surface area contributed by atoms with E-state index in [0.717, 1.165) is 16.2 Å². The number of hydrogen-bond donors (Lipinski definition) is 2. The number of amides is 1. The molecule has 11 nitrogen and oxygen atoms in total. The van der Waals surface area contributed by atoms with Gasteiger partial charge in [0.05, 0.1) is 47.5 Å². The van der Waals surface area contributed by atoms with Gasteiger partial charge in [0.25, 0.3) is 0 Å². The summed E-state index contributed by atoms with van der Waals surface area (Å²) in [7, 11) is 3.02. The first-order valence-corrected chi connectivity index (χ1v) is 10.8. The Morgan fingerprint density at radius 1 is 1.17 bits per heavy atom. The van der Waals surface area contributed by atoms with Gasteiger partial charge in [-0.3, -0.25) is 9.88 Å². The van der Waals surface area contributed by atoms with Crippen molar-refractivity contribution in [2.45, 2.75) is 6.54 Å². The summed E-state index contributed by atoms with van der Waals surface area (Å²) in [4.78, 5) is 21.1. The molecule has 5 rings (SSSR count). The monoisotopic (exact) mass is 490 g/mol. The van der Waals surface area contributed by atoms with Gasteiger partial charge in [0, 0.05) is 24.9 Å². The first-order valence-electron chi connectivity index (χ1n) is 10.4. The fourth-order valence-electron chi connectivity index (χ4n) is 3.58. The summed E-state index contributed by atoms with van der Waals surface area (Å²) in [6, 6.07) is 12.3. The Morgan fingerprint density at radius 3 is 2.80 bits per heavy atom. The van der Waals surface area contributed by atoms with Gasteiger partial charge in [-0.1, -0.05) is 17.7 Å². The molecule has 12 heteroatoms. The molecule has 0 spiro atoms. The van der Waals surface area contributed by atoms with Crippen LogP contribution < -0.4 is 15.0 Å². The number of methoxy groups -OCH3 is 1. The van der Waals surface area contributed by atoms with E-state index in [4.69, 9.17) is 16.3 Å². The molecule has 1 aromatic carbocycles. The maximum absolute atomic E-state index is 11.2. The molecule has 0 radical (unpaired) electrons. The highest BCUT2D eigenvalue weighted by Crippen LogP contribution is 2.30. The first-order chi connectivity index (χ1) is 16.9. The van der Waals surface area contributed by atoms with Crippen LogP contribution in [0.25, 0.3) is 27.9 Å². The molecule has 0 atom stereocenters. The molecule has 0 unspecified atom stereocenters. The molecule has 176 valence electrons. The van der Waals surface area contributed by atoms with Gasteiger partial charge >= 0.3 is 6.09 Å². The van der Waals surface area contributed by atoms with Crippen LogP contribution in [0.3, 0.4) is 0 Å². The zero-order chi connectivity index (χ0) is 24.5. The lowest BCUT2D eigenvalue weighted by molar-refractivity contribution is 0.203. The van der Waals surface area contributed by atoms with Gasteiger partial charge in [0.2, 0.25) is 0 Å². The number of fused-ring (bicyclic) bond motifs is 2. The summed E-state index contributed by atoms with van der Waals surface area (Å²) in [6.45, 7) is 0.341. The fourth-order valence-corrected chi connectivity index (χ4v) is 3.89. The molecule has 0 fully saturated rings. The second kappa shape index (κ2) is 9.03. The summed E-state index contributed by atoms with van der Waals surface area (Å²) < 4.78 is 6.87. The van der Waals surface area contributed by atoms with E-state index in [1.54, 1.807) is 54.4 Å². The van der Waals surface area contributed by atoms with E-state index in [0.29, 0.717) is 51.2 Å². The van der Waals surface area contributed by atoms with Crippen molar-refractivity contribution in [3.05, 3.63) is 65.7 Å². The highest BCUT2D eigenvalue weighted by molar-refractivity contribution is 6.34. The second-order valence-corrected chi connectivity index (χ2v) is 7.97. The molecule has 0 aliphatic heterocycles. The summed E-state index contributed by atoms with van der Waals surface area (Å²) in [5.41, 5.74) is 4.52. The Balaban J connectivity index is 1.43. The molecule has 0 bridgehead atoms. The van der Waals surface area contributed by atoms with Gasteiger partial charge in [-0.15, -0.1) is 10.2 Å². The SMILES string of the molecule is COc1cnc2c(NCc3nnc4ccc(-c5ccc(N(C)C(=O)O)c(Cl)c5)nn34)ccnc2c1. The average Bonchev–Trinajstić information content (AvgIpc) is 3.28. The van der Waals surface area contributed by atoms with Crippen molar-refractivity contribution in [3.63, 3.8) is 0 Å². The standard InChI is InChI=1S/C23H19ClN8O3/c1-31(23(33)34)19-5-3-13(9-15(19)24)16-4-6-20-28-29-21(32(20)30-16)12-26-17-7-8-25-18-10-14(35-2)11-27-22(17)18/h3-11H,12H2,1-2H3,(H,25,26)(H,33,34). The third-order valence-corrected chi connectivity index (χ3v) is 5.75. The lowest BCUT2D eigenvalue weighted by atomic mass is 10.1. The van der Waals surface area contributed by atoms with E-state index in [2.05, 4.69) is 30.6 Å². The molecule has 2 N–H and O–H groups in total. The van der Waals surface area contributed by atoms with Crippen molar-refractivity contribution >= 4 is 45.7 Å². The molecule has 4 heterocycles. The number of aromatic nitrogens is 6. The Hall–Kier alpha value is -4.51. The summed E-state index contributed by atoms with van der Waals surface area (Å²) in [5, 5.41) is 26.0. The maximum atomic E-state index is 11.2. The molecule has 35 heavy (non-hydrogen) atoms.